The van der Waals surface area contributed by atoms with Crippen molar-refractivity contribution in [2.45, 2.75) is 17.9 Å². The van der Waals surface area contributed by atoms with Gasteiger partial charge in [0.2, 0.25) is 11.0 Å². The van der Waals surface area contributed by atoms with Crippen LogP contribution in [-0.4, -0.2) is 29.6 Å². The second-order valence-corrected chi connectivity index (χ2v) is 6.81. The Morgan fingerprint density at radius 2 is 2.05 bits per heavy atom. The Hall–Kier alpha value is -2.04. The van der Waals surface area contributed by atoms with Crippen LogP contribution < -0.4 is 10.0 Å². The quantitative estimate of drug-likeness (QED) is 0.698. The van der Waals surface area contributed by atoms with Crippen LogP contribution in [0.5, 0.6) is 0 Å². The molecule has 0 unspecified atom stereocenters. The van der Waals surface area contributed by atoms with Gasteiger partial charge < -0.3 is 10.4 Å². The van der Waals surface area contributed by atoms with Gasteiger partial charge in [-0.15, -0.1) is 10.2 Å². The van der Waals surface area contributed by atoms with Crippen LogP contribution in [0.2, 0.25) is 0 Å². The summed E-state index contributed by atoms with van der Waals surface area (Å²) in [6.07, 6.45) is 0. The van der Waals surface area contributed by atoms with Crippen LogP contribution in [-0.2, 0) is 21.4 Å². The van der Waals surface area contributed by atoms with E-state index < -0.39 is 10.0 Å². The maximum atomic E-state index is 12.2. The molecule has 1 aromatic carbocycles. The van der Waals surface area contributed by atoms with Crippen molar-refractivity contribution in [2.75, 3.05) is 10.0 Å². The number of para-hydroxylation sites is 1. The lowest BCUT2D eigenvalue weighted by Crippen LogP contribution is -2.14. The lowest BCUT2D eigenvalue weighted by atomic mass is 10.2. The average molecular weight is 328 g/mol. The summed E-state index contributed by atoms with van der Waals surface area (Å²) in [6.45, 7) is 0.983. The zero-order valence-electron chi connectivity index (χ0n) is 10.9. The Balaban J connectivity index is 2.26. The zero-order valence-corrected chi connectivity index (χ0v) is 12.5. The molecule has 1 heterocycles. The summed E-state index contributed by atoms with van der Waals surface area (Å²) in [7, 11) is -3.93. The number of benzene rings is 1. The van der Waals surface area contributed by atoms with Crippen LogP contribution in [0.3, 0.4) is 0 Å². The summed E-state index contributed by atoms with van der Waals surface area (Å²) in [5.74, 6) is -0.367. The van der Waals surface area contributed by atoms with Gasteiger partial charge in [0.1, 0.15) is 0 Å². The predicted molar refractivity (Wildman–Crippen MR) is 77.4 cm³/mol. The summed E-state index contributed by atoms with van der Waals surface area (Å²) in [6, 6.07) is 6.45. The van der Waals surface area contributed by atoms with E-state index in [0.717, 1.165) is 11.3 Å². The molecular formula is C11H12N4O4S2. The van der Waals surface area contributed by atoms with Crippen molar-refractivity contribution in [2.24, 2.45) is 0 Å². The van der Waals surface area contributed by atoms with Crippen molar-refractivity contribution >= 4 is 38.1 Å². The topological polar surface area (TPSA) is 121 Å². The lowest BCUT2D eigenvalue weighted by Gasteiger charge is -2.08. The molecular weight excluding hydrogens is 316 g/mol. The number of carbonyl (C=O) groups excluding carboxylic acids is 1. The van der Waals surface area contributed by atoms with Crippen molar-refractivity contribution in [1.82, 2.24) is 10.2 Å². The summed E-state index contributed by atoms with van der Waals surface area (Å²) in [5, 5.41) is 18.7. The van der Waals surface area contributed by atoms with E-state index in [1.165, 1.54) is 13.0 Å². The third-order valence-electron chi connectivity index (χ3n) is 2.35. The number of aliphatic hydroxyl groups is 1. The fraction of sp³-hybridized carbons (Fsp3) is 0.182. The molecule has 0 aliphatic rings. The molecule has 2 rings (SSSR count). The molecule has 112 valence electrons. The van der Waals surface area contributed by atoms with Gasteiger partial charge in [-0.1, -0.05) is 29.5 Å². The molecule has 0 saturated carbocycles. The molecule has 1 amide bonds. The number of nitrogens with one attached hydrogen (secondary N) is 2. The van der Waals surface area contributed by atoms with E-state index >= 15 is 0 Å². The highest BCUT2D eigenvalue weighted by atomic mass is 32.2. The number of rotatable bonds is 5. The standard InChI is InChI=1S/C11H12N4O4S2/c1-7(17)12-10-13-14-11(20-10)21(18,19)15-9-5-3-2-4-8(9)6-16/h2-5,15-16H,6H2,1H3,(H,12,13,17). The highest BCUT2D eigenvalue weighted by molar-refractivity contribution is 7.94. The molecule has 21 heavy (non-hydrogen) atoms. The molecule has 0 spiro atoms. The van der Waals surface area contributed by atoms with Crippen molar-refractivity contribution in [3.05, 3.63) is 29.8 Å². The summed E-state index contributed by atoms with van der Waals surface area (Å²) in [4.78, 5) is 10.9. The predicted octanol–water partition coefficient (Wildman–Crippen LogP) is 0.790. The molecule has 0 aliphatic carbocycles. The van der Waals surface area contributed by atoms with E-state index in [0.29, 0.717) is 5.56 Å². The number of nitrogens with zero attached hydrogens (tertiary/aromatic N) is 2. The van der Waals surface area contributed by atoms with Crippen LogP contribution in [0, 0.1) is 0 Å². The Morgan fingerprint density at radius 1 is 1.33 bits per heavy atom. The molecule has 0 aliphatic heterocycles. The average Bonchev–Trinajstić information content (AvgIpc) is 2.87. The van der Waals surface area contributed by atoms with Gasteiger partial charge in [0, 0.05) is 12.5 Å². The van der Waals surface area contributed by atoms with Gasteiger partial charge in [-0.05, 0) is 6.07 Å². The van der Waals surface area contributed by atoms with E-state index in [9.17, 15) is 18.3 Å². The number of aliphatic hydroxyl groups excluding tert-OH is 1. The van der Waals surface area contributed by atoms with E-state index in [4.69, 9.17) is 0 Å². The SMILES string of the molecule is CC(=O)Nc1nnc(S(=O)(=O)Nc2ccccc2CO)s1. The first-order chi connectivity index (χ1) is 9.92. The van der Waals surface area contributed by atoms with Gasteiger partial charge in [-0.25, -0.2) is 0 Å². The molecule has 10 heteroatoms. The van der Waals surface area contributed by atoms with Crippen LogP contribution in [0.1, 0.15) is 12.5 Å². The van der Waals surface area contributed by atoms with Crippen LogP contribution in [0.25, 0.3) is 0 Å². The Morgan fingerprint density at radius 3 is 2.71 bits per heavy atom. The highest BCUT2D eigenvalue weighted by Crippen LogP contribution is 2.24. The maximum absolute atomic E-state index is 12.2. The molecule has 1 aromatic heterocycles. The minimum atomic E-state index is -3.93. The van der Waals surface area contributed by atoms with E-state index in [-0.39, 0.29) is 27.7 Å². The van der Waals surface area contributed by atoms with Gasteiger partial charge in [0.15, 0.2) is 0 Å². The molecule has 0 radical (unpaired) electrons. The maximum Gasteiger partial charge on any atom is 0.291 e. The fourth-order valence-corrected chi connectivity index (χ4v) is 3.51. The molecule has 3 N–H and O–H groups in total. The highest BCUT2D eigenvalue weighted by Gasteiger charge is 2.21. The van der Waals surface area contributed by atoms with E-state index in [1.54, 1.807) is 18.2 Å². The number of hydrogen-bond donors (Lipinski definition) is 3. The zero-order chi connectivity index (χ0) is 15.5. The first-order valence-electron chi connectivity index (χ1n) is 5.75. The number of aromatic nitrogens is 2. The van der Waals surface area contributed by atoms with E-state index in [1.807, 2.05) is 0 Å². The normalized spacial score (nSPS) is 11.1. The Kier molecular flexibility index (Phi) is 4.50. The molecule has 0 saturated heterocycles. The molecule has 0 fully saturated rings. The van der Waals surface area contributed by atoms with Crippen LogP contribution in [0.15, 0.2) is 28.6 Å². The van der Waals surface area contributed by atoms with Gasteiger partial charge in [-0.3, -0.25) is 9.52 Å². The first-order valence-corrected chi connectivity index (χ1v) is 8.05. The summed E-state index contributed by atoms with van der Waals surface area (Å²) < 4.78 is 26.4. The van der Waals surface area contributed by atoms with Gasteiger partial charge >= 0.3 is 0 Å². The smallest absolute Gasteiger partial charge is 0.291 e. The molecule has 0 atom stereocenters. The Labute approximate surface area is 124 Å². The van der Waals surface area contributed by atoms with Crippen molar-refractivity contribution in [3.63, 3.8) is 0 Å². The van der Waals surface area contributed by atoms with Gasteiger partial charge in [0.05, 0.1) is 12.3 Å². The van der Waals surface area contributed by atoms with Gasteiger partial charge in [-0.2, -0.15) is 8.42 Å². The second kappa shape index (κ2) is 6.16. The van der Waals surface area contributed by atoms with Gasteiger partial charge in [0.25, 0.3) is 14.4 Å². The van der Waals surface area contributed by atoms with Crippen molar-refractivity contribution in [3.8, 4) is 0 Å². The van der Waals surface area contributed by atoms with E-state index in [2.05, 4.69) is 20.2 Å². The minimum Gasteiger partial charge on any atom is -0.392 e. The summed E-state index contributed by atoms with van der Waals surface area (Å²) in [5.41, 5.74) is 0.698. The number of carbonyl (C=O) groups is 1. The number of sulfonamides is 1. The molecule has 0 bridgehead atoms. The first kappa shape index (κ1) is 15.4. The minimum absolute atomic E-state index is 0.0957. The van der Waals surface area contributed by atoms with Crippen LogP contribution in [0.4, 0.5) is 10.8 Å². The number of anilines is 2. The Bertz CT molecular complexity index is 757. The number of hydrogen-bond acceptors (Lipinski definition) is 7. The van der Waals surface area contributed by atoms with Crippen LogP contribution >= 0.6 is 11.3 Å². The second-order valence-electron chi connectivity index (χ2n) is 3.98. The molecule has 2 aromatic rings. The lowest BCUT2D eigenvalue weighted by molar-refractivity contribution is -0.114. The number of amides is 1. The third-order valence-corrected chi connectivity index (χ3v) is 4.92. The largest absolute Gasteiger partial charge is 0.392 e. The third kappa shape index (κ3) is 3.74. The monoisotopic (exact) mass is 328 g/mol. The van der Waals surface area contributed by atoms with Crippen molar-refractivity contribution in [1.29, 1.82) is 0 Å². The van der Waals surface area contributed by atoms with Crippen molar-refractivity contribution < 1.29 is 18.3 Å². The fourth-order valence-electron chi connectivity index (χ4n) is 1.47. The molecule has 8 nitrogen and oxygen atoms in total. The summed E-state index contributed by atoms with van der Waals surface area (Å²) >= 11 is 0.734.